The van der Waals surface area contributed by atoms with E-state index in [-0.39, 0.29) is 35.5 Å². The Morgan fingerprint density at radius 1 is 1.07 bits per heavy atom. The topological polar surface area (TPSA) is 68.7 Å². The molecule has 2 heterocycles. The van der Waals surface area contributed by atoms with Crippen LogP contribution in [0.25, 0.3) is 0 Å². The molecule has 0 bridgehead atoms. The standard InChI is InChI=1S/C34H50BN2O4/c1-8-11-21-40-32(39)29(22-25(4)27-15-13-12-14-16-27)35-24-31(28-17-19-36-20-18-28)41-37-33(6,9-2)23-30(38)26(5)34(37,7)10-3/h12-20,25-26,29,31H,8-11,21-24H2,1-7H3. The Balaban J connectivity index is 1.89. The number of rotatable bonds is 15. The number of benzene rings is 1. The molecular weight excluding hydrogens is 511 g/mol. The number of carbonyl (C=O) groups excluding carboxylic acids is 2. The molecule has 0 N–H and O–H groups in total. The van der Waals surface area contributed by atoms with E-state index >= 15 is 0 Å². The third-order valence-electron chi connectivity index (χ3n) is 9.37. The summed E-state index contributed by atoms with van der Waals surface area (Å²) in [6.07, 6.45) is 8.25. The maximum atomic E-state index is 13.3. The zero-order chi connectivity index (χ0) is 30.0. The number of hydrogen-bond donors (Lipinski definition) is 0. The summed E-state index contributed by atoms with van der Waals surface area (Å²) >= 11 is 0. The maximum Gasteiger partial charge on any atom is 0.300 e. The van der Waals surface area contributed by atoms with Crippen molar-refractivity contribution >= 4 is 19.0 Å². The minimum Gasteiger partial charge on any atom is -0.466 e. The average molecular weight is 562 g/mol. The van der Waals surface area contributed by atoms with Crippen molar-refractivity contribution in [3.05, 3.63) is 66.0 Å². The molecule has 6 atom stereocenters. The maximum absolute atomic E-state index is 13.3. The van der Waals surface area contributed by atoms with E-state index in [1.54, 1.807) is 12.4 Å². The Kier molecular flexibility index (Phi) is 12.2. The highest BCUT2D eigenvalue weighted by atomic mass is 16.7. The molecule has 1 radical (unpaired) electrons. The molecule has 3 rings (SSSR count). The van der Waals surface area contributed by atoms with Crippen LogP contribution in [0.1, 0.15) is 110 Å². The van der Waals surface area contributed by atoms with Crippen LogP contribution in [0, 0.1) is 5.92 Å². The number of nitrogens with zero attached hydrogens (tertiary/aromatic N) is 2. The van der Waals surface area contributed by atoms with E-state index in [0.29, 0.717) is 25.8 Å². The van der Waals surface area contributed by atoms with E-state index in [4.69, 9.17) is 9.57 Å². The number of aromatic nitrogens is 1. The first kappa shape index (κ1) is 33.0. The SMILES string of the molecule is CCCCOC(=O)C([B]CC(ON1C(C)(CC)CC(=O)C(C)C1(C)CC)c1ccncc1)CC(C)c1ccccc1. The Bertz CT molecular complexity index is 1100. The predicted molar refractivity (Wildman–Crippen MR) is 166 cm³/mol. The number of ketones is 1. The molecule has 0 amide bonds. The molecule has 41 heavy (non-hydrogen) atoms. The number of hydrogen-bond acceptors (Lipinski definition) is 6. The Morgan fingerprint density at radius 3 is 2.37 bits per heavy atom. The minimum atomic E-state index is -0.453. The second kappa shape index (κ2) is 15.1. The quantitative estimate of drug-likeness (QED) is 0.126. The van der Waals surface area contributed by atoms with Crippen molar-refractivity contribution in [2.45, 2.75) is 122 Å². The van der Waals surface area contributed by atoms with E-state index in [9.17, 15) is 9.59 Å². The molecule has 1 fully saturated rings. The summed E-state index contributed by atoms with van der Waals surface area (Å²) in [4.78, 5) is 37.7. The van der Waals surface area contributed by atoms with Gasteiger partial charge in [0.15, 0.2) is 0 Å². The molecule has 6 nitrogen and oxygen atoms in total. The molecule has 223 valence electrons. The highest BCUT2D eigenvalue weighted by molar-refractivity contribution is 6.43. The smallest absolute Gasteiger partial charge is 0.300 e. The van der Waals surface area contributed by atoms with Gasteiger partial charge in [0.1, 0.15) is 13.1 Å². The molecule has 0 aliphatic carbocycles. The zero-order valence-corrected chi connectivity index (χ0v) is 26.3. The number of esters is 1. The lowest BCUT2D eigenvalue weighted by atomic mass is 9.57. The van der Waals surface area contributed by atoms with Crippen LogP contribution in [0.2, 0.25) is 12.1 Å². The third kappa shape index (κ3) is 8.07. The van der Waals surface area contributed by atoms with Gasteiger partial charge in [0.2, 0.25) is 0 Å². The van der Waals surface area contributed by atoms with Gasteiger partial charge in [-0.15, -0.1) is 0 Å². The van der Waals surface area contributed by atoms with Gasteiger partial charge in [-0.3, -0.25) is 19.4 Å². The van der Waals surface area contributed by atoms with Gasteiger partial charge in [-0.1, -0.05) is 71.4 Å². The third-order valence-corrected chi connectivity index (χ3v) is 9.37. The monoisotopic (exact) mass is 561 g/mol. The van der Waals surface area contributed by atoms with Gasteiger partial charge < -0.3 is 4.74 Å². The highest BCUT2D eigenvalue weighted by Crippen LogP contribution is 2.46. The van der Waals surface area contributed by atoms with Crippen LogP contribution in [-0.2, 0) is 19.2 Å². The van der Waals surface area contributed by atoms with Crippen LogP contribution in [0.3, 0.4) is 0 Å². The van der Waals surface area contributed by atoms with Crippen molar-refractivity contribution in [3.8, 4) is 0 Å². The second-order valence-corrected chi connectivity index (χ2v) is 12.2. The first-order chi connectivity index (χ1) is 19.6. The number of Topliss-reactive ketones (excluding diaryl/α,β-unsaturated/α-hetero) is 1. The summed E-state index contributed by atoms with van der Waals surface area (Å²) in [7, 11) is 2.09. The Labute approximate surface area is 248 Å². The largest absolute Gasteiger partial charge is 0.466 e. The van der Waals surface area contributed by atoms with Crippen molar-refractivity contribution in [2.75, 3.05) is 6.61 Å². The number of unbranched alkanes of at least 4 members (excludes halogenated alkanes) is 1. The Morgan fingerprint density at radius 2 is 1.76 bits per heavy atom. The predicted octanol–water partition coefficient (Wildman–Crippen LogP) is 7.75. The van der Waals surface area contributed by atoms with Gasteiger partial charge >= 0.3 is 5.97 Å². The highest BCUT2D eigenvalue weighted by Gasteiger charge is 2.54. The summed E-state index contributed by atoms with van der Waals surface area (Å²) < 4.78 is 5.73. The fraction of sp³-hybridized carbons (Fsp3) is 0.618. The summed E-state index contributed by atoms with van der Waals surface area (Å²) in [5.74, 6) is -0.217. The van der Waals surface area contributed by atoms with E-state index in [1.807, 2.05) is 37.3 Å². The Hall–Kier alpha value is -2.51. The molecule has 0 saturated carbocycles. The van der Waals surface area contributed by atoms with Crippen molar-refractivity contribution in [1.82, 2.24) is 10.0 Å². The fourth-order valence-electron chi connectivity index (χ4n) is 5.95. The van der Waals surface area contributed by atoms with E-state index < -0.39 is 11.1 Å². The van der Waals surface area contributed by atoms with Crippen molar-refractivity contribution in [2.24, 2.45) is 5.92 Å². The van der Waals surface area contributed by atoms with E-state index in [1.165, 1.54) is 5.56 Å². The van der Waals surface area contributed by atoms with Crippen LogP contribution >= 0.6 is 0 Å². The normalized spacial score (nSPS) is 25.3. The van der Waals surface area contributed by atoms with Crippen LogP contribution in [0.4, 0.5) is 0 Å². The van der Waals surface area contributed by atoms with Gasteiger partial charge in [0.25, 0.3) is 0 Å². The second-order valence-electron chi connectivity index (χ2n) is 12.2. The van der Waals surface area contributed by atoms with Crippen molar-refractivity contribution in [1.29, 1.82) is 0 Å². The number of carbonyl (C=O) groups is 2. The molecule has 1 aromatic carbocycles. The number of hydroxylamine groups is 2. The summed E-state index contributed by atoms with van der Waals surface area (Å²) in [6, 6.07) is 14.3. The van der Waals surface area contributed by atoms with Crippen LogP contribution in [0.15, 0.2) is 54.9 Å². The van der Waals surface area contributed by atoms with Crippen molar-refractivity contribution < 1.29 is 19.2 Å². The number of piperidine rings is 1. The first-order valence-corrected chi connectivity index (χ1v) is 15.5. The fourth-order valence-corrected chi connectivity index (χ4v) is 5.95. The van der Waals surface area contributed by atoms with Gasteiger partial charge in [-0.25, -0.2) is 0 Å². The van der Waals surface area contributed by atoms with Gasteiger partial charge in [-0.2, -0.15) is 5.06 Å². The summed E-state index contributed by atoms with van der Waals surface area (Å²) in [5.41, 5.74) is 1.32. The van der Waals surface area contributed by atoms with Crippen molar-refractivity contribution in [3.63, 3.8) is 0 Å². The van der Waals surface area contributed by atoms with E-state index in [2.05, 4.69) is 71.0 Å². The van der Waals surface area contributed by atoms with Gasteiger partial charge in [0, 0.05) is 30.5 Å². The lowest BCUT2D eigenvalue weighted by molar-refractivity contribution is -0.315. The molecule has 7 heteroatoms. The van der Waals surface area contributed by atoms with Gasteiger partial charge in [-0.05, 0) is 75.0 Å². The molecule has 2 aromatic rings. The minimum absolute atomic E-state index is 0.151. The number of pyridine rings is 1. The van der Waals surface area contributed by atoms with Gasteiger partial charge in [0.05, 0.1) is 23.8 Å². The summed E-state index contributed by atoms with van der Waals surface area (Å²) in [5, 5.41) is 2.13. The summed E-state index contributed by atoms with van der Waals surface area (Å²) in [6.45, 7) is 15.2. The molecule has 1 aromatic heterocycles. The lowest BCUT2D eigenvalue weighted by Gasteiger charge is -2.56. The molecule has 1 saturated heterocycles. The van der Waals surface area contributed by atoms with Crippen LogP contribution in [-0.4, -0.2) is 46.8 Å². The zero-order valence-electron chi connectivity index (χ0n) is 26.3. The van der Waals surface area contributed by atoms with Crippen LogP contribution < -0.4 is 0 Å². The lowest BCUT2D eigenvalue weighted by Crippen LogP contribution is -2.66. The molecule has 0 spiro atoms. The van der Waals surface area contributed by atoms with E-state index in [0.717, 1.165) is 31.2 Å². The van der Waals surface area contributed by atoms with Crippen LogP contribution in [0.5, 0.6) is 0 Å². The first-order valence-electron chi connectivity index (χ1n) is 15.5. The molecular formula is C34H50BN2O4. The number of ether oxygens (including phenoxy) is 1. The molecule has 6 unspecified atom stereocenters. The molecule has 1 aliphatic heterocycles. The molecule has 1 aliphatic rings. The average Bonchev–Trinajstić information content (AvgIpc) is 2.99.